The Kier molecular flexibility index (Phi) is 7.52. The summed E-state index contributed by atoms with van der Waals surface area (Å²) in [7, 11) is 1.84. The molecule has 2 aromatic carbocycles. The van der Waals surface area contributed by atoms with Crippen LogP contribution < -0.4 is 10.9 Å². The van der Waals surface area contributed by atoms with Crippen LogP contribution in [0, 0.1) is 12.7 Å². The van der Waals surface area contributed by atoms with E-state index in [1.165, 1.54) is 6.07 Å². The summed E-state index contributed by atoms with van der Waals surface area (Å²) in [6.45, 7) is 2.67. The molecular formula is C26H32FN5O. The van der Waals surface area contributed by atoms with Crippen molar-refractivity contribution in [2.45, 2.75) is 51.1 Å². The Morgan fingerprint density at radius 3 is 2.70 bits per heavy atom. The van der Waals surface area contributed by atoms with E-state index < -0.39 is 0 Å². The Morgan fingerprint density at radius 2 is 1.91 bits per heavy atom. The Morgan fingerprint density at radius 1 is 1.09 bits per heavy atom. The maximum atomic E-state index is 13.5. The maximum Gasteiger partial charge on any atom is 0.274 e. The van der Waals surface area contributed by atoms with Gasteiger partial charge in [0.05, 0.1) is 5.69 Å². The molecule has 0 aliphatic carbocycles. The number of hydrazine groups is 1. The van der Waals surface area contributed by atoms with Gasteiger partial charge < -0.3 is 4.90 Å². The van der Waals surface area contributed by atoms with Crippen molar-refractivity contribution in [1.29, 1.82) is 0 Å². The zero-order valence-corrected chi connectivity index (χ0v) is 19.3. The Bertz CT molecular complexity index is 1070. The van der Waals surface area contributed by atoms with Gasteiger partial charge in [-0.05, 0) is 62.1 Å². The molecule has 2 N–H and O–H groups in total. The Hall–Kier alpha value is -3.03. The van der Waals surface area contributed by atoms with E-state index in [4.69, 9.17) is 0 Å². The predicted molar refractivity (Wildman–Crippen MR) is 128 cm³/mol. The fraction of sp³-hybridized carbons (Fsp3) is 0.385. The lowest BCUT2D eigenvalue weighted by Gasteiger charge is -2.16. The number of unbranched alkanes of at least 4 members (excludes halogenated alkanes) is 2. The minimum Gasteiger partial charge on any atom is -0.340 e. The molecule has 3 aromatic rings. The van der Waals surface area contributed by atoms with Gasteiger partial charge in [-0.3, -0.25) is 15.6 Å². The largest absolute Gasteiger partial charge is 0.340 e. The van der Waals surface area contributed by atoms with Gasteiger partial charge in [-0.15, -0.1) is 0 Å². The smallest absolute Gasteiger partial charge is 0.274 e. The van der Waals surface area contributed by atoms with Crippen LogP contribution in [-0.2, 0) is 0 Å². The number of halogens is 1. The molecular weight excluding hydrogens is 417 g/mol. The first kappa shape index (κ1) is 23.1. The van der Waals surface area contributed by atoms with Crippen LogP contribution >= 0.6 is 0 Å². The normalized spacial score (nSPS) is 17.9. The standard InChI is InChI=1S/C26H32FN5O/c1-19-16-25(30-32(19)23-13-6-3-7-14-23)26(33)31(2)15-8-4-5-12-22-18-24(29-28-22)20-10-9-11-21(27)17-20/h3,6-7,9-11,13-14,16-17,22,24,28-29H,4-5,8,12,15,18H2,1-2H3. The highest BCUT2D eigenvalue weighted by Crippen LogP contribution is 2.25. The second-order valence-corrected chi connectivity index (χ2v) is 8.82. The fourth-order valence-electron chi connectivity index (χ4n) is 4.38. The molecule has 0 saturated carbocycles. The van der Waals surface area contributed by atoms with E-state index in [1.807, 2.05) is 56.4 Å². The topological polar surface area (TPSA) is 62.2 Å². The lowest BCUT2D eigenvalue weighted by molar-refractivity contribution is 0.0786. The first-order valence-corrected chi connectivity index (χ1v) is 11.7. The zero-order valence-electron chi connectivity index (χ0n) is 19.3. The molecule has 0 spiro atoms. The van der Waals surface area contributed by atoms with Gasteiger partial charge in [0, 0.05) is 31.4 Å². The second-order valence-electron chi connectivity index (χ2n) is 8.82. The molecule has 6 nitrogen and oxygen atoms in total. The lowest BCUT2D eigenvalue weighted by Crippen LogP contribution is -2.31. The van der Waals surface area contributed by atoms with Crippen molar-refractivity contribution in [2.75, 3.05) is 13.6 Å². The van der Waals surface area contributed by atoms with Gasteiger partial charge in [0.2, 0.25) is 0 Å². The van der Waals surface area contributed by atoms with E-state index in [-0.39, 0.29) is 17.8 Å². The van der Waals surface area contributed by atoms with Crippen molar-refractivity contribution in [3.63, 3.8) is 0 Å². The molecule has 1 aliphatic rings. The van der Waals surface area contributed by atoms with Crippen LogP contribution in [0.25, 0.3) is 5.69 Å². The fourth-order valence-corrected chi connectivity index (χ4v) is 4.38. The summed E-state index contributed by atoms with van der Waals surface area (Å²) in [5.74, 6) is -0.245. The number of para-hydroxylation sites is 1. The van der Waals surface area contributed by atoms with Crippen molar-refractivity contribution in [2.24, 2.45) is 0 Å². The third kappa shape index (κ3) is 5.86. The number of amides is 1. The number of hydrogen-bond donors (Lipinski definition) is 2. The van der Waals surface area contributed by atoms with Crippen LogP contribution in [0.5, 0.6) is 0 Å². The van der Waals surface area contributed by atoms with Crippen molar-refractivity contribution in [3.05, 3.63) is 83.4 Å². The summed E-state index contributed by atoms with van der Waals surface area (Å²) in [4.78, 5) is 14.6. The molecule has 0 radical (unpaired) electrons. The number of aromatic nitrogens is 2. The number of nitrogens with zero attached hydrogens (tertiary/aromatic N) is 3. The van der Waals surface area contributed by atoms with Crippen molar-refractivity contribution >= 4 is 5.91 Å². The monoisotopic (exact) mass is 449 g/mol. The van der Waals surface area contributed by atoms with Gasteiger partial charge >= 0.3 is 0 Å². The quantitative estimate of drug-likeness (QED) is 0.470. The number of rotatable bonds is 9. The van der Waals surface area contributed by atoms with Crippen LogP contribution in [0.4, 0.5) is 4.39 Å². The molecule has 0 bridgehead atoms. The molecule has 174 valence electrons. The second kappa shape index (κ2) is 10.7. The molecule has 1 aliphatic heterocycles. The molecule has 1 saturated heterocycles. The van der Waals surface area contributed by atoms with Gasteiger partial charge in [-0.2, -0.15) is 5.10 Å². The molecule has 2 atom stereocenters. The summed E-state index contributed by atoms with van der Waals surface area (Å²) in [6, 6.07) is 19.0. The van der Waals surface area contributed by atoms with E-state index >= 15 is 0 Å². The Labute approximate surface area is 194 Å². The number of aryl methyl sites for hydroxylation is 1. The lowest BCUT2D eigenvalue weighted by atomic mass is 9.99. The number of nitrogens with one attached hydrogen (secondary N) is 2. The van der Waals surface area contributed by atoms with Crippen molar-refractivity contribution in [1.82, 2.24) is 25.5 Å². The number of carbonyl (C=O) groups is 1. The van der Waals surface area contributed by atoms with E-state index in [1.54, 1.807) is 21.7 Å². The van der Waals surface area contributed by atoms with Gasteiger partial charge in [0.1, 0.15) is 5.82 Å². The summed E-state index contributed by atoms with van der Waals surface area (Å²) in [6.07, 6.45) is 5.09. The van der Waals surface area contributed by atoms with Crippen LogP contribution in [0.3, 0.4) is 0 Å². The van der Waals surface area contributed by atoms with E-state index in [0.29, 0.717) is 18.3 Å². The van der Waals surface area contributed by atoms with Gasteiger partial charge in [-0.25, -0.2) is 9.07 Å². The predicted octanol–water partition coefficient (Wildman–Crippen LogP) is 4.56. The van der Waals surface area contributed by atoms with Crippen LogP contribution in [-0.4, -0.2) is 40.2 Å². The van der Waals surface area contributed by atoms with Gasteiger partial charge in [0.15, 0.2) is 5.69 Å². The molecule has 4 rings (SSSR count). The summed E-state index contributed by atoms with van der Waals surface area (Å²) >= 11 is 0. The molecule has 2 heterocycles. The van der Waals surface area contributed by atoms with E-state index in [0.717, 1.165) is 49.0 Å². The van der Waals surface area contributed by atoms with E-state index in [2.05, 4.69) is 16.0 Å². The molecule has 2 unspecified atom stereocenters. The molecule has 7 heteroatoms. The first-order chi connectivity index (χ1) is 16.0. The molecule has 33 heavy (non-hydrogen) atoms. The van der Waals surface area contributed by atoms with Gasteiger partial charge in [-0.1, -0.05) is 43.2 Å². The highest BCUT2D eigenvalue weighted by atomic mass is 19.1. The third-order valence-corrected chi connectivity index (χ3v) is 6.23. The van der Waals surface area contributed by atoms with Gasteiger partial charge in [0.25, 0.3) is 5.91 Å². The number of hydrogen-bond acceptors (Lipinski definition) is 4. The van der Waals surface area contributed by atoms with E-state index in [9.17, 15) is 9.18 Å². The summed E-state index contributed by atoms with van der Waals surface area (Å²) < 4.78 is 15.3. The van der Waals surface area contributed by atoms with Crippen molar-refractivity contribution in [3.8, 4) is 5.69 Å². The highest BCUT2D eigenvalue weighted by Gasteiger charge is 2.24. The SMILES string of the molecule is Cc1cc(C(=O)N(C)CCCCCC2CC(c3cccc(F)c3)NN2)nn1-c1ccccc1. The highest BCUT2D eigenvalue weighted by molar-refractivity contribution is 5.92. The first-order valence-electron chi connectivity index (χ1n) is 11.7. The summed E-state index contributed by atoms with van der Waals surface area (Å²) in [5, 5.41) is 4.52. The van der Waals surface area contributed by atoms with Crippen LogP contribution in [0.15, 0.2) is 60.7 Å². The average Bonchev–Trinajstić information content (AvgIpc) is 3.45. The van der Waals surface area contributed by atoms with Crippen LogP contribution in [0.1, 0.15) is 59.9 Å². The van der Waals surface area contributed by atoms with Crippen molar-refractivity contribution < 1.29 is 9.18 Å². The molecule has 1 amide bonds. The summed E-state index contributed by atoms with van der Waals surface area (Å²) in [5.41, 5.74) is 9.96. The minimum absolute atomic E-state index is 0.0487. The van der Waals surface area contributed by atoms with Crippen LogP contribution in [0.2, 0.25) is 0 Å². The number of carbonyl (C=O) groups excluding carboxylic acids is 1. The maximum absolute atomic E-state index is 13.5. The third-order valence-electron chi connectivity index (χ3n) is 6.23. The Balaban J connectivity index is 1.18. The minimum atomic E-state index is -0.196. The molecule has 1 aromatic heterocycles. The zero-order chi connectivity index (χ0) is 23.2. The average molecular weight is 450 g/mol. The molecule has 1 fully saturated rings. The number of benzene rings is 2.